The summed E-state index contributed by atoms with van der Waals surface area (Å²) in [5.41, 5.74) is 5.20. The van der Waals surface area contributed by atoms with Crippen molar-refractivity contribution in [2.24, 2.45) is 12.8 Å². The highest BCUT2D eigenvalue weighted by atomic mass is 19.2. The van der Waals surface area contributed by atoms with Crippen LogP contribution in [0.5, 0.6) is 5.75 Å². The van der Waals surface area contributed by atoms with Crippen LogP contribution in [0.4, 0.5) is 8.78 Å². The van der Waals surface area contributed by atoms with Gasteiger partial charge in [-0.3, -0.25) is 4.79 Å². The second kappa shape index (κ2) is 5.58. The predicted molar refractivity (Wildman–Crippen MR) is 68.2 cm³/mol. The number of hydrogen-bond acceptors (Lipinski definition) is 4. The Hall–Kier alpha value is -2.95. The minimum absolute atomic E-state index is 0.0744. The van der Waals surface area contributed by atoms with Gasteiger partial charge in [0.1, 0.15) is 6.07 Å². The van der Waals surface area contributed by atoms with Crippen LogP contribution in [-0.2, 0) is 7.05 Å². The lowest BCUT2D eigenvalue weighted by Gasteiger charge is -2.09. The molecule has 0 spiro atoms. The summed E-state index contributed by atoms with van der Waals surface area (Å²) in [7, 11) is 1.46. The third-order valence-corrected chi connectivity index (χ3v) is 2.82. The standard InChI is InChI=1S/C13H10F2N4O2/c1-19-8(6-18-13(19)12(17)20)7-2-3-9(21-5-4-16)11(15)10(7)14/h2-3,6H,5H2,1H3,(H2,17,20). The topological polar surface area (TPSA) is 93.9 Å². The quantitative estimate of drug-likeness (QED) is 0.920. The fourth-order valence-corrected chi connectivity index (χ4v) is 1.84. The zero-order chi connectivity index (χ0) is 15.6. The number of nitriles is 1. The van der Waals surface area contributed by atoms with E-state index in [-0.39, 0.29) is 22.8 Å². The number of rotatable bonds is 4. The van der Waals surface area contributed by atoms with E-state index in [9.17, 15) is 13.6 Å². The van der Waals surface area contributed by atoms with Crippen LogP contribution < -0.4 is 10.5 Å². The van der Waals surface area contributed by atoms with E-state index in [2.05, 4.69) is 4.98 Å². The molecule has 0 unspecified atom stereocenters. The van der Waals surface area contributed by atoms with Crippen molar-refractivity contribution in [3.05, 3.63) is 35.8 Å². The van der Waals surface area contributed by atoms with Crippen molar-refractivity contribution in [1.82, 2.24) is 9.55 Å². The van der Waals surface area contributed by atoms with Crippen LogP contribution in [0.15, 0.2) is 18.3 Å². The van der Waals surface area contributed by atoms with Crippen LogP contribution in [0.2, 0.25) is 0 Å². The molecule has 0 fully saturated rings. The molecule has 0 saturated carbocycles. The van der Waals surface area contributed by atoms with Gasteiger partial charge in [0.25, 0.3) is 5.91 Å². The highest BCUT2D eigenvalue weighted by Gasteiger charge is 2.20. The van der Waals surface area contributed by atoms with Crippen molar-refractivity contribution < 1.29 is 18.3 Å². The molecule has 21 heavy (non-hydrogen) atoms. The zero-order valence-corrected chi connectivity index (χ0v) is 10.9. The van der Waals surface area contributed by atoms with Gasteiger partial charge in [0, 0.05) is 12.6 Å². The first kappa shape index (κ1) is 14.5. The van der Waals surface area contributed by atoms with Gasteiger partial charge in [-0.15, -0.1) is 0 Å². The van der Waals surface area contributed by atoms with Crippen molar-refractivity contribution in [3.63, 3.8) is 0 Å². The van der Waals surface area contributed by atoms with Gasteiger partial charge in [0.15, 0.2) is 24.0 Å². The molecule has 0 saturated heterocycles. The van der Waals surface area contributed by atoms with Crippen LogP contribution in [0.3, 0.4) is 0 Å². The molecule has 2 rings (SSSR count). The number of carbonyl (C=O) groups is 1. The summed E-state index contributed by atoms with van der Waals surface area (Å²) in [5.74, 6) is -3.60. The number of primary amides is 1. The van der Waals surface area contributed by atoms with E-state index < -0.39 is 24.1 Å². The molecule has 1 aromatic heterocycles. The number of nitrogens with zero attached hydrogens (tertiary/aromatic N) is 3. The molecule has 0 atom stereocenters. The molecule has 8 heteroatoms. The lowest BCUT2D eigenvalue weighted by molar-refractivity contribution is 0.0987. The van der Waals surface area contributed by atoms with E-state index in [1.54, 1.807) is 6.07 Å². The smallest absolute Gasteiger partial charge is 0.284 e. The number of imidazole rings is 1. The lowest BCUT2D eigenvalue weighted by atomic mass is 10.1. The lowest BCUT2D eigenvalue weighted by Crippen LogP contribution is -2.17. The molecule has 0 radical (unpaired) electrons. The maximum absolute atomic E-state index is 14.1. The molecular formula is C13H10F2N4O2. The highest BCUT2D eigenvalue weighted by molar-refractivity contribution is 5.90. The van der Waals surface area contributed by atoms with Gasteiger partial charge in [0.05, 0.1) is 11.9 Å². The van der Waals surface area contributed by atoms with E-state index in [0.29, 0.717) is 0 Å². The summed E-state index contributed by atoms with van der Waals surface area (Å²) in [6, 6.07) is 4.12. The fourth-order valence-electron chi connectivity index (χ4n) is 1.84. The summed E-state index contributed by atoms with van der Waals surface area (Å²) in [6.07, 6.45) is 1.22. The van der Waals surface area contributed by atoms with E-state index >= 15 is 0 Å². The normalized spacial score (nSPS) is 10.2. The van der Waals surface area contributed by atoms with Crippen LogP contribution in [0, 0.1) is 23.0 Å². The molecule has 108 valence electrons. The number of nitrogens with two attached hydrogens (primary N) is 1. The Morgan fingerprint density at radius 3 is 2.76 bits per heavy atom. The van der Waals surface area contributed by atoms with E-state index in [1.807, 2.05) is 0 Å². The Bertz CT molecular complexity index is 749. The van der Waals surface area contributed by atoms with Gasteiger partial charge < -0.3 is 15.0 Å². The summed E-state index contributed by atoms with van der Waals surface area (Å²) in [6.45, 7) is -0.396. The summed E-state index contributed by atoms with van der Waals surface area (Å²) < 4.78 is 33.9. The Morgan fingerprint density at radius 1 is 1.48 bits per heavy atom. The SMILES string of the molecule is Cn1c(-c2ccc(OCC#N)c(F)c2F)cnc1C(N)=O. The molecule has 2 N–H and O–H groups in total. The molecule has 0 bridgehead atoms. The molecule has 1 amide bonds. The molecule has 1 heterocycles. The summed E-state index contributed by atoms with van der Waals surface area (Å²) in [4.78, 5) is 14.9. The number of ether oxygens (including phenoxy) is 1. The average Bonchev–Trinajstić information content (AvgIpc) is 2.82. The van der Waals surface area contributed by atoms with E-state index in [4.69, 9.17) is 15.7 Å². The van der Waals surface area contributed by atoms with Gasteiger partial charge in [0.2, 0.25) is 5.82 Å². The third kappa shape index (κ3) is 2.53. The average molecular weight is 292 g/mol. The monoisotopic (exact) mass is 292 g/mol. The van der Waals surface area contributed by atoms with Gasteiger partial charge in [-0.1, -0.05) is 0 Å². The van der Waals surface area contributed by atoms with Crippen molar-refractivity contribution in [1.29, 1.82) is 5.26 Å². The maximum Gasteiger partial charge on any atom is 0.284 e. The molecule has 6 nitrogen and oxygen atoms in total. The van der Waals surface area contributed by atoms with Crippen molar-refractivity contribution in [2.75, 3.05) is 6.61 Å². The summed E-state index contributed by atoms with van der Waals surface area (Å²) >= 11 is 0. The minimum atomic E-state index is -1.22. The maximum atomic E-state index is 14.1. The number of hydrogen-bond donors (Lipinski definition) is 1. The van der Waals surface area contributed by atoms with Gasteiger partial charge in [-0.2, -0.15) is 9.65 Å². The van der Waals surface area contributed by atoms with Gasteiger partial charge in [-0.25, -0.2) is 9.37 Å². The zero-order valence-electron chi connectivity index (χ0n) is 10.9. The third-order valence-electron chi connectivity index (χ3n) is 2.82. The number of aromatic nitrogens is 2. The van der Waals surface area contributed by atoms with Crippen molar-refractivity contribution in [2.45, 2.75) is 0 Å². The molecule has 1 aromatic carbocycles. The Labute approximate surface area is 118 Å². The van der Waals surface area contributed by atoms with E-state index in [0.717, 1.165) is 0 Å². The van der Waals surface area contributed by atoms with E-state index in [1.165, 1.54) is 29.9 Å². The number of carbonyl (C=O) groups excluding carboxylic acids is 1. The Morgan fingerprint density at radius 2 is 2.19 bits per heavy atom. The first-order chi connectivity index (χ1) is 9.97. The van der Waals surface area contributed by atoms with Crippen LogP contribution in [0.25, 0.3) is 11.3 Å². The highest BCUT2D eigenvalue weighted by Crippen LogP contribution is 2.29. The molecule has 0 aliphatic rings. The van der Waals surface area contributed by atoms with Crippen molar-refractivity contribution in [3.8, 4) is 23.1 Å². The van der Waals surface area contributed by atoms with Gasteiger partial charge in [-0.05, 0) is 12.1 Å². The van der Waals surface area contributed by atoms with Crippen LogP contribution in [-0.4, -0.2) is 22.1 Å². The summed E-state index contributed by atoms with van der Waals surface area (Å²) in [5, 5.41) is 8.36. The molecular weight excluding hydrogens is 282 g/mol. The Kier molecular flexibility index (Phi) is 3.84. The van der Waals surface area contributed by atoms with Gasteiger partial charge >= 0.3 is 0 Å². The Balaban J connectivity index is 2.49. The second-order valence-electron chi connectivity index (χ2n) is 4.08. The predicted octanol–water partition coefficient (Wildman–Crippen LogP) is 1.37. The van der Waals surface area contributed by atoms with Crippen LogP contribution in [0.1, 0.15) is 10.6 Å². The molecule has 2 aromatic rings. The largest absolute Gasteiger partial charge is 0.476 e. The number of amides is 1. The first-order valence-corrected chi connectivity index (χ1v) is 5.77. The second-order valence-corrected chi connectivity index (χ2v) is 4.08. The minimum Gasteiger partial charge on any atom is -0.476 e. The van der Waals surface area contributed by atoms with Crippen LogP contribution >= 0.6 is 0 Å². The molecule has 0 aliphatic heterocycles. The molecule has 0 aliphatic carbocycles. The number of halogens is 2. The fraction of sp³-hybridized carbons (Fsp3) is 0.154. The first-order valence-electron chi connectivity index (χ1n) is 5.77. The number of benzene rings is 1. The van der Waals surface area contributed by atoms with Crippen molar-refractivity contribution >= 4 is 5.91 Å².